The van der Waals surface area contributed by atoms with Crippen LogP contribution >= 0.6 is 0 Å². The van der Waals surface area contributed by atoms with E-state index in [0.717, 1.165) is 0 Å². The lowest BCUT2D eigenvalue weighted by Crippen LogP contribution is -2.67. The van der Waals surface area contributed by atoms with Crippen molar-refractivity contribution in [2.24, 2.45) is 0 Å². The molecule has 0 aliphatic carbocycles. The molecule has 0 heterocycles. The summed E-state index contributed by atoms with van der Waals surface area (Å²) in [6, 6.07) is 32.5. The molecule has 0 aliphatic rings. The highest BCUT2D eigenvalue weighted by atomic mass is 28.3. The Hall–Kier alpha value is -2.32. The molecule has 0 aliphatic heterocycles. The molecule has 0 saturated heterocycles. The first kappa shape index (κ1) is 14.6. The minimum absolute atomic E-state index is 1.27. The van der Waals surface area contributed by atoms with Crippen LogP contribution in [0.15, 0.2) is 91.0 Å². The van der Waals surface area contributed by atoms with Crippen LogP contribution in [0.4, 0.5) is 5.69 Å². The van der Waals surface area contributed by atoms with E-state index in [-0.39, 0.29) is 0 Å². The van der Waals surface area contributed by atoms with E-state index in [2.05, 4.69) is 109 Å². The molecular formula is C20H21NSi. The molecule has 3 aromatic rings. The van der Waals surface area contributed by atoms with Gasteiger partial charge in [0, 0.05) is 5.69 Å². The summed E-state index contributed by atoms with van der Waals surface area (Å²) in [5, 5.41) is 2.85. The minimum Gasteiger partial charge on any atom is -0.393 e. The summed E-state index contributed by atoms with van der Waals surface area (Å²) in [7, 11) is 0.211. The summed E-state index contributed by atoms with van der Waals surface area (Å²) in [6.45, 7) is 2.42. The Bertz CT molecular complexity index is 671. The van der Waals surface area contributed by atoms with E-state index < -0.39 is 8.24 Å². The highest BCUT2D eigenvalue weighted by Gasteiger charge is 2.37. The first-order valence-corrected chi connectivity index (χ1v) is 10.1. The van der Waals surface area contributed by atoms with Crippen LogP contribution in [-0.4, -0.2) is 15.3 Å². The van der Waals surface area contributed by atoms with Crippen LogP contribution in [-0.2, 0) is 0 Å². The molecule has 3 rings (SSSR count). The lowest BCUT2D eigenvalue weighted by atomic mass is 10.3. The monoisotopic (exact) mass is 303 g/mol. The third-order valence-electron chi connectivity index (χ3n) is 4.49. The van der Waals surface area contributed by atoms with Gasteiger partial charge in [-0.15, -0.1) is 0 Å². The molecule has 0 bridgehead atoms. The largest absolute Gasteiger partial charge is 0.393 e. The zero-order valence-corrected chi connectivity index (χ0v) is 14.1. The summed E-state index contributed by atoms with van der Waals surface area (Å²) >= 11 is 0. The highest BCUT2D eigenvalue weighted by molar-refractivity contribution is 7.03. The molecule has 110 valence electrons. The molecule has 0 atom stereocenters. The van der Waals surface area contributed by atoms with Crippen LogP contribution in [0.25, 0.3) is 0 Å². The van der Waals surface area contributed by atoms with Gasteiger partial charge in [-0.3, -0.25) is 0 Å². The van der Waals surface area contributed by atoms with Gasteiger partial charge in [0.1, 0.15) is 0 Å². The van der Waals surface area contributed by atoms with Crippen molar-refractivity contribution < 1.29 is 0 Å². The zero-order chi connectivity index (χ0) is 15.4. The van der Waals surface area contributed by atoms with Gasteiger partial charge in [0.15, 0.2) is 0 Å². The third-order valence-corrected chi connectivity index (χ3v) is 9.00. The van der Waals surface area contributed by atoms with Gasteiger partial charge in [-0.25, -0.2) is 0 Å². The highest BCUT2D eigenvalue weighted by Crippen LogP contribution is 2.19. The molecular weight excluding hydrogens is 282 g/mol. The molecule has 0 fully saturated rings. The number of anilines is 1. The second-order valence-electron chi connectivity index (χ2n) is 5.70. The van der Waals surface area contributed by atoms with Gasteiger partial charge >= 0.3 is 0 Å². The standard InChI is InChI=1S/C20H21NSi/c1-21(18-12-6-3-7-13-18)22(2,19-14-8-4-9-15-19)20-16-10-5-11-17-20/h3-17H,1-2H3. The topological polar surface area (TPSA) is 3.24 Å². The predicted octanol–water partition coefficient (Wildman–Crippen LogP) is 3.51. The van der Waals surface area contributed by atoms with Gasteiger partial charge in [-0.2, -0.15) is 0 Å². The molecule has 2 heteroatoms. The van der Waals surface area contributed by atoms with Crippen molar-refractivity contribution in [1.82, 2.24) is 0 Å². The lowest BCUT2D eigenvalue weighted by molar-refractivity contribution is 1.27. The van der Waals surface area contributed by atoms with E-state index in [1.807, 2.05) is 0 Å². The Balaban J connectivity index is 2.16. The molecule has 1 nitrogen and oxygen atoms in total. The average Bonchev–Trinajstić information content (AvgIpc) is 2.62. The molecule has 0 unspecified atom stereocenters. The molecule has 0 saturated carbocycles. The number of rotatable bonds is 4. The van der Waals surface area contributed by atoms with Gasteiger partial charge < -0.3 is 4.57 Å². The Morgan fingerprint density at radius 2 is 0.955 bits per heavy atom. The molecule has 0 spiro atoms. The minimum atomic E-state index is -2.01. The van der Waals surface area contributed by atoms with Crippen LogP contribution in [0.3, 0.4) is 0 Å². The summed E-state index contributed by atoms with van der Waals surface area (Å²) in [4.78, 5) is 0. The van der Waals surface area contributed by atoms with Crippen molar-refractivity contribution in [1.29, 1.82) is 0 Å². The summed E-state index contributed by atoms with van der Waals surface area (Å²) < 4.78 is 2.48. The normalized spacial score (nSPS) is 11.2. The Morgan fingerprint density at radius 3 is 1.36 bits per heavy atom. The molecule has 22 heavy (non-hydrogen) atoms. The summed E-state index contributed by atoms with van der Waals surface area (Å²) in [5.41, 5.74) is 1.27. The van der Waals surface area contributed by atoms with Gasteiger partial charge in [-0.1, -0.05) is 78.9 Å². The maximum atomic E-state index is 2.48. The summed E-state index contributed by atoms with van der Waals surface area (Å²) in [6.07, 6.45) is 0. The van der Waals surface area contributed by atoms with Crippen LogP contribution < -0.4 is 14.9 Å². The van der Waals surface area contributed by atoms with Crippen molar-refractivity contribution in [3.8, 4) is 0 Å². The molecule has 0 radical (unpaired) electrons. The average molecular weight is 303 g/mol. The van der Waals surface area contributed by atoms with Gasteiger partial charge in [0.05, 0.1) is 0 Å². The number of nitrogens with zero attached hydrogens (tertiary/aromatic N) is 1. The lowest BCUT2D eigenvalue weighted by Gasteiger charge is -2.39. The van der Waals surface area contributed by atoms with E-state index in [1.165, 1.54) is 16.1 Å². The predicted molar refractivity (Wildman–Crippen MR) is 98.6 cm³/mol. The Morgan fingerprint density at radius 1 is 0.591 bits per heavy atom. The van der Waals surface area contributed by atoms with Crippen molar-refractivity contribution in [3.05, 3.63) is 91.0 Å². The van der Waals surface area contributed by atoms with Crippen LogP contribution in [0, 0.1) is 0 Å². The third kappa shape index (κ3) is 2.58. The number of hydrogen-bond acceptors (Lipinski definition) is 1. The summed E-state index contributed by atoms with van der Waals surface area (Å²) in [5.74, 6) is 0. The second kappa shape index (κ2) is 6.20. The Kier molecular flexibility index (Phi) is 4.12. The van der Waals surface area contributed by atoms with Crippen LogP contribution in [0.5, 0.6) is 0 Å². The zero-order valence-electron chi connectivity index (χ0n) is 13.1. The molecule has 0 N–H and O–H groups in total. The first-order chi connectivity index (χ1) is 10.7. The van der Waals surface area contributed by atoms with E-state index in [0.29, 0.717) is 0 Å². The molecule has 0 amide bonds. The number of para-hydroxylation sites is 1. The molecule has 3 aromatic carbocycles. The quantitative estimate of drug-likeness (QED) is 0.667. The van der Waals surface area contributed by atoms with E-state index in [1.54, 1.807) is 0 Å². The van der Waals surface area contributed by atoms with Crippen molar-refractivity contribution >= 4 is 24.3 Å². The molecule has 0 aromatic heterocycles. The van der Waals surface area contributed by atoms with E-state index in [4.69, 9.17) is 0 Å². The number of hydrogen-bond donors (Lipinski definition) is 0. The number of benzene rings is 3. The van der Waals surface area contributed by atoms with E-state index in [9.17, 15) is 0 Å². The fourth-order valence-electron chi connectivity index (χ4n) is 2.99. The van der Waals surface area contributed by atoms with E-state index >= 15 is 0 Å². The van der Waals surface area contributed by atoms with Gasteiger partial charge in [0.2, 0.25) is 8.24 Å². The fourth-order valence-corrected chi connectivity index (χ4v) is 6.45. The maximum absolute atomic E-state index is 2.48. The Labute approximate surface area is 133 Å². The van der Waals surface area contributed by atoms with Crippen LogP contribution in [0.2, 0.25) is 6.55 Å². The van der Waals surface area contributed by atoms with Gasteiger partial charge in [-0.05, 0) is 36.1 Å². The first-order valence-electron chi connectivity index (χ1n) is 7.63. The fraction of sp³-hybridized carbons (Fsp3) is 0.100. The maximum Gasteiger partial charge on any atom is 0.217 e. The smallest absolute Gasteiger partial charge is 0.217 e. The van der Waals surface area contributed by atoms with Crippen molar-refractivity contribution in [2.45, 2.75) is 6.55 Å². The SMILES string of the molecule is CN(c1ccccc1)[Si](C)(c1ccccc1)c1ccccc1. The van der Waals surface area contributed by atoms with Crippen LogP contribution in [0.1, 0.15) is 0 Å². The van der Waals surface area contributed by atoms with Crippen molar-refractivity contribution in [2.75, 3.05) is 11.6 Å². The second-order valence-corrected chi connectivity index (χ2v) is 9.67. The van der Waals surface area contributed by atoms with Gasteiger partial charge in [0.25, 0.3) is 0 Å². The van der Waals surface area contributed by atoms with Crippen molar-refractivity contribution in [3.63, 3.8) is 0 Å².